The summed E-state index contributed by atoms with van der Waals surface area (Å²) < 4.78 is 0. The molecule has 0 unspecified atom stereocenters. The van der Waals surface area contributed by atoms with Crippen LogP contribution in [0.3, 0.4) is 0 Å². The second kappa shape index (κ2) is 4.33. The predicted octanol–water partition coefficient (Wildman–Crippen LogP) is 1.31. The van der Waals surface area contributed by atoms with Crippen LogP contribution < -0.4 is 9.80 Å². The third-order valence-corrected chi connectivity index (χ3v) is 2.19. The molecule has 14 heavy (non-hydrogen) atoms. The van der Waals surface area contributed by atoms with Crippen LogP contribution in [-0.4, -0.2) is 33.3 Å². The van der Waals surface area contributed by atoms with Crippen LogP contribution in [0.1, 0.15) is 5.56 Å². The van der Waals surface area contributed by atoms with Gasteiger partial charge in [-0.05, 0) is 17.7 Å². The molecule has 3 heteroatoms. The van der Waals surface area contributed by atoms with Gasteiger partial charge in [0.25, 0.3) is 0 Å². The Balaban J connectivity index is 3.17. The molecule has 0 atom stereocenters. The van der Waals surface area contributed by atoms with Gasteiger partial charge in [-0.1, -0.05) is 6.07 Å². The molecular weight excluding hydrogens is 176 g/mol. The monoisotopic (exact) mass is 194 g/mol. The average Bonchev–Trinajstić information content (AvgIpc) is 2.16. The zero-order valence-electron chi connectivity index (χ0n) is 9.28. The lowest BCUT2D eigenvalue weighted by Crippen LogP contribution is -2.16. The van der Waals surface area contributed by atoms with Gasteiger partial charge < -0.3 is 14.9 Å². The highest BCUT2D eigenvalue weighted by Crippen LogP contribution is 2.27. The summed E-state index contributed by atoms with van der Waals surface area (Å²) in [5.74, 6) is 0. The normalized spacial score (nSPS) is 10.1. The van der Waals surface area contributed by atoms with Gasteiger partial charge >= 0.3 is 0 Å². The molecule has 0 aromatic heterocycles. The van der Waals surface area contributed by atoms with E-state index in [4.69, 9.17) is 5.11 Å². The van der Waals surface area contributed by atoms with Crippen LogP contribution in [0.2, 0.25) is 0 Å². The average molecular weight is 194 g/mol. The van der Waals surface area contributed by atoms with Gasteiger partial charge in [-0.25, -0.2) is 0 Å². The Morgan fingerprint density at radius 2 is 1.57 bits per heavy atom. The van der Waals surface area contributed by atoms with E-state index in [2.05, 4.69) is 9.80 Å². The van der Waals surface area contributed by atoms with E-state index in [0.29, 0.717) is 0 Å². The molecule has 0 aliphatic rings. The number of rotatable bonds is 3. The van der Waals surface area contributed by atoms with E-state index in [-0.39, 0.29) is 6.61 Å². The lowest BCUT2D eigenvalue weighted by molar-refractivity contribution is 0.282. The number of nitrogens with zero attached hydrogens (tertiary/aromatic N) is 2. The summed E-state index contributed by atoms with van der Waals surface area (Å²) in [5, 5.41) is 9.04. The van der Waals surface area contributed by atoms with Gasteiger partial charge in [-0.15, -0.1) is 0 Å². The predicted molar refractivity (Wildman–Crippen MR) is 61.0 cm³/mol. The van der Waals surface area contributed by atoms with E-state index in [0.717, 1.165) is 16.9 Å². The quantitative estimate of drug-likeness (QED) is 0.786. The van der Waals surface area contributed by atoms with Crippen molar-refractivity contribution in [3.05, 3.63) is 23.8 Å². The first-order valence-corrected chi connectivity index (χ1v) is 4.64. The molecular formula is C11H18N2O. The molecule has 0 fully saturated rings. The molecule has 0 bridgehead atoms. The molecule has 0 heterocycles. The van der Waals surface area contributed by atoms with E-state index in [1.54, 1.807) is 0 Å². The maximum absolute atomic E-state index is 9.04. The number of hydrogen-bond acceptors (Lipinski definition) is 3. The van der Waals surface area contributed by atoms with Gasteiger partial charge in [-0.2, -0.15) is 0 Å². The number of aliphatic hydroxyl groups is 1. The second-order valence-corrected chi connectivity index (χ2v) is 3.77. The van der Waals surface area contributed by atoms with Crippen molar-refractivity contribution in [2.24, 2.45) is 0 Å². The largest absolute Gasteiger partial charge is 0.392 e. The van der Waals surface area contributed by atoms with Gasteiger partial charge in [0.2, 0.25) is 0 Å². The fourth-order valence-electron chi connectivity index (χ4n) is 1.40. The third kappa shape index (κ3) is 2.17. The molecule has 78 valence electrons. The van der Waals surface area contributed by atoms with E-state index >= 15 is 0 Å². The fourth-order valence-corrected chi connectivity index (χ4v) is 1.40. The molecule has 0 amide bonds. The highest BCUT2D eigenvalue weighted by Gasteiger charge is 2.06. The Hall–Kier alpha value is -1.22. The van der Waals surface area contributed by atoms with Crippen LogP contribution in [0.4, 0.5) is 11.4 Å². The number of benzene rings is 1. The fraction of sp³-hybridized carbons (Fsp3) is 0.455. The van der Waals surface area contributed by atoms with Crippen LogP contribution in [0, 0.1) is 0 Å². The molecule has 0 spiro atoms. The summed E-state index contributed by atoms with van der Waals surface area (Å²) in [4.78, 5) is 4.12. The zero-order chi connectivity index (χ0) is 10.7. The van der Waals surface area contributed by atoms with Crippen molar-refractivity contribution in [3.8, 4) is 0 Å². The third-order valence-electron chi connectivity index (χ3n) is 2.19. The van der Waals surface area contributed by atoms with Crippen molar-refractivity contribution in [3.63, 3.8) is 0 Å². The van der Waals surface area contributed by atoms with Gasteiger partial charge in [0.15, 0.2) is 0 Å². The van der Waals surface area contributed by atoms with Crippen molar-refractivity contribution < 1.29 is 5.11 Å². The summed E-state index contributed by atoms with van der Waals surface area (Å²) >= 11 is 0. The summed E-state index contributed by atoms with van der Waals surface area (Å²) in [5.41, 5.74) is 3.23. The lowest BCUT2D eigenvalue weighted by Gasteiger charge is -2.23. The SMILES string of the molecule is CN(C)c1ccc(CO)cc1N(C)C. The Morgan fingerprint density at radius 3 is 2.00 bits per heavy atom. The van der Waals surface area contributed by atoms with Crippen molar-refractivity contribution in [1.82, 2.24) is 0 Å². The highest BCUT2D eigenvalue weighted by molar-refractivity contribution is 5.71. The number of anilines is 2. The van der Waals surface area contributed by atoms with E-state index in [1.807, 2.05) is 46.4 Å². The van der Waals surface area contributed by atoms with Crippen LogP contribution in [-0.2, 0) is 6.61 Å². The molecule has 1 aromatic carbocycles. The standard InChI is InChI=1S/C11H18N2O/c1-12(2)10-6-5-9(8-14)7-11(10)13(3)4/h5-7,14H,8H2,1-4H3. The van der Waals surface area contributed by atoms with Crippen LogP contribution in [0.25, 0.3) is 0 Å². The van der Waals surface area contributed by atoms with Crippen LogP contribution in [0.5, 0.6) is 0 Å². The van der Waals surface area contributed by atoms with Crippen molar-refractivity contribution in [1.29, 1.82) is 0 Å². The minimum atomic E-state index is 0.0918. The van der Waals surface area contributed by atoms with E-state index in [1.165, 1.54) is 0 Å². The first kappa shape index (κ1) is 10.9. The summed E-state index contributed by atoms with van der Waals surface area (Å²) in [6.07, 6.45) is 0. The maximum atomic E-state index is 9.04. The number of hydrogen-bond donors (Lipinski definition) is 1. The van der Waals surface area contributed by atoms with Gasteiger partial charge in [0.05, 0.1) is 18.0 Å². The van der Waals surface area contributed by atoms with E-state index in [9.17, 15) is 0 Å². The molecule has 0 aliphatic heterocycles. The van der Waals surface area contributed by atoms with Gasteiger partial charge in [-0.3, -0.25) is 0 Å². The molecule has 0 saturated carbocycles. The first-order chi connectivity index (χ1) is 6.56. The van der Waals surface area contributed by atoms with Crippen LogP contribution >= 0.6 is 0 Å². The number of aliphatic hydroxyl groups excluding tert-OH is 1. The maximum Gasteiger partial charge on any atom is 0.0682 e. The minimum absolute atomic E-state index is 0.0918. The first-order valence-electron chi connectivity index (χ1n) is 4.64. The van der Waals surface area contributed by atoms with Gasteiger partial charge in [0, 0.05) is 28.2 Å². The minimum Gasteiger partial charge on any atom is -0.392 e. The topological polar surface area (TPSA) is 26.7 Å². The molecule has 1 N–H and O–H groups in total. The van der Waals surface area contributed by atoms with Gasteiger partial charge in [0.1, 0.15) is 0 Å². The van der Waals surface area contributed by atoms with Crippen LogP contribution in [0.15, 0.2) is 18.2 Å². The Morgan fingerprint density at radius 1 is 1.00 bits per heavy atom. The lowest BCUT2D eigenvalue weighted by atomic mass is 10.1. The van der Waals surface area contributed by atoms with Crippen molar-refractivity contribution in [2.45, 2.75) is 6.61 Å². The Bertz CT molecular complexity index is 308. The molecule has 1 rings (SSSR count). The summed E-state index contributed by atoms with van der Waals surface area (Å²) in [6.45, 7) is 0.0918. The summed E-state index contributed by atoms with van der Waals surface area (Å²) in [7, 11) is 8.04. The van der Waals surface area contributed by atoms with Crippen molar-refractivity contribution in [2.75, 3.05) is 38.0 Å². The van der Waals surface area contributed by atoms with E-state index < -0.39 is 0 Å². The molecule has 1 aromatic rings. The smallest absolute Gasteiger partial charge is 0.0682 e. The molecule has 3 nitrogen and oxygen atoms in total. The van der Waals surface area contributed by atoms with Crippen molar-refractivity contribution >= 4 is 11.4 Å². The highest BCUT2D eigenvalue weighted by atomic mass is 16.3. The summed E-state index contributed by atoms with van der Waals surface area (Å²) in [6, 6.07) is 5.98. The Labute approximate surface area is 85.6 Å². The molecule has 0 aliphatic carbocycles. The molecule has 0 saturated heterocycles. The zero-order valence-corrected chi connectivity index (χ0v) is 9.28. The second-order valence-electron chi connectivity index (χ2n) is 3.77. The Kier molecular flexibility index (Phi) is 3.36. The molecule has 0 radical (unpaired) electrons.